The van der Waals surface area contributed by atoms with E-state index in [0.717, 1.165) is 22.4 Å². The number of para-hydroxylation sites is 1. The highest BCUT2D eigenvalue weighted by atomic mass is 19.1. The molecule has 0 aliphatic heterocycles. The van der Waals surface area contributed by atoms with Crippen LogP contribution in [-0.2, 0) is 6.61 Å². The molecule has 0 spiro atoms. The Balaban J connectivity index is 1.76. The van der Waals surface area contributed by atoms with Crippen LogP contribution in [0.15, 0.2) is 65.6 Å². The average molecular weight is 386 g/mol. The van der Waals surface area contributed by atoms with Crippen molar-refractivity contribution in [2.24, 2.45) is 0 Å². The van der Waals surface area contributed by atoms with E-state index in [1.165, 1.54) is 24.4 Å². The third-order valence-corrected chi connectivity index (χ3v) is 3.89. The van der Waals surface area contributed by atoms with E-state index in [2.05, 4.69) is 5.32 Å². The zero-order chi connectivity index (χ0) is 20.1. The molecule has 0 saturated heterocycles. The van der Waals surface area contributed by atoms with Crippen molar-refractivity contribution in [3.05, 3.63) is 93.9 Å². The van der Waals surface area contributed by atoms with Crippen molar-refractivity contribution in [2.75, 3.05) is 12.4 Å². The van der Waals surface area contributed by atoms with Crippen LogP contribution >= 0.6 is 0 Å². The molecule has 1 N–H and O–H groups in total. The quantitative estimate of drug-likeness (QED) is 0.707. The number of nitrogens with one attached hydrogen (secondary N) is 1. The van der Waals surface area contributed by atoms with Crippen molar-refractivity contribution in [1.29, 1.82) is 0 Å². The van der Waals surface area contributed by atoms with Crippen molar-refractivity contribution in [3.8, 4) is 5.75 Å². The standard InChI is InChI=1S/C20H16F2N2O4/c1-27-14-9-7-13(8-10-14)12-28-24-11-3-4-15(20(24)26)19(25)23-18-16(21)5-2-6-17(18)22/h2-11H,12H2,1H3,(H,23,25). The van der Waals surface area contributed by atoms with Crippen LogP contribution in [-0.4, -0.2) is 17.7 Å². The maximum atomic E-state index is 13.7. The molecule has 28 heavy (non-hydrogen) atoms. The Hall–Kier alpha value is -3.68. The number of carbonyl (C=O) groups is 1. The Morgan fingerprint density at radius 2 is 1.71 bits per heavy atom. The molecular formula is C20H16F2N2O4. The summed E-state index contributed by atoms with van der Waals surface area (Å²) in [6, 6.07) is 12.8. The second kappa shape index (κ2) is 8.34. The van der Waals surface area contributed by atoms with Gasteiger partial charge in [0, 0.05) is 6.20 Å². The van der Waals surface area contributed by atoms with E-state index < -0.39 is 28.8 Å². The van der Waals surface area contributed by atoms with Gasteiger partial charge in [0.1, 0.15) is 35.2 Å². The Morgan fingerprint density at radius 3 is 2.36 bits per heavy atom. The zero-order valence-electron chi connectivity index (χ0n) is 14.8. The molecule has 2 aromatic carbocycles. The summed E-state index contributed by atoms with van der Waals surface area (Å²) >= 11 is 0. The summed E-state index contributed by atoms with van der Waals surface area (Å²) in [5.74, 6) is -2.16. The van der Waals surface area contributed by atoms with Crippen LogP contribution < -0.4 is 20.5 Å². The van der Waals surface area contributed by atoms with Crippen LogP contribution in [0, 0.1) is 11.6 Å². The smallest absolute Gasteiger partial charge is 0.295 e. The minimum atomic E-state index is -0.948. The van der Waals surface area contributed by atoms with Gasteiger partial charge in [0.15, 0.2) is 0 Å². The maximum absolute atomic E-state index is 13.7. The monoisotopic (exact) mass is 386 g/mol. The number of halogens is 2. The lowest BCUT2D eigenvalue weighted by Crippen LogP contribution is -2.32. The fourth-order valence-corrected chi connectivity index (χ4v) is 2.41. The normalized spacial score (nSPS) is 10.4. The molecule has 144 valence electrons. The molecule has 6 nitrogen and oxygen atoms in total. The molecule has 0 saturated carbocycles. The fraction of sp³-hybridized carbons (Fsp3) is 0.100. The molecule has 0 aliphatic rings. The molecule has 3 aromatic rings. The minimum Gasteiger partial charge on any atom is -0.497 e. The Morgan fingerprint density at radius 1 is 1.04 bits per heavy atom. The van der Waals surface area contributed by atoms with Gasteiger partial charge in [-0.15, -0.1) is 0 Å². The van der Waals surface area contributed by atoms with Crippen LogP contribution in [0.5, 0.6) is 5.75 Å². The van der Waals surface area contributed by atoms with E-state index in [1.807, 2.05) is 0 Å². The molecule has 8 heteroatoms. The number of benzene rings is 2. The first-order valence-corrected chi connectivity index (χ1v) is 8.23. The van der Waals surface area contributed by atoms with Gasteiger partial charge in [0.2, 0.25) is 0 Å². The number of carbonyl (C=O) groups excluding carboxylic acids is 1. The number of rotatable bonds is 6. The zero-order valence-corrected chi connectivity index (χ0v) is 14.8. The van der Waals surface area contributed by atoms with Gasteiger partial charge in [0.25, 0.3) is 11.5 Å². The minimum absolute atomic E-state index is 0.0664. The summed E-state index contributed by atoms with van der Waals surface area (Å²) in [7, 11) is 1.55. The Bertz CT molecular complexity index is 1030. The summed E-state index contributed by atoms with van der Waals surface area (Å²) in [5.41, 5.74) is -0.928. The van der Waals surface area contributed by atoms with E-state index in [0.29, 0.717) is 5.75 Å². The number of methoxy groups -OCH3 is 1. The molecule has 0 bridgehead atoms. The summed E-state index contributed by atoms with van der Waals surface area (Å²) in [4.78, 5) is 30.2. The van der Waals surface area contributed by atoms with E-state index in [-0.39, 0.29) is 12.2 Å². The summed E-state index contributed by atoms with van der Waals surface area (Å²) in [5, 5.41) is 2.08. The third kappa shape index (κ3) is 4.17. The lowest BCUT2D eigenvalue weighted by molar-refractivity contribution is 0.0863. The van der Waals surface area contributed by atoms with E-state index in [4.69, 9.17) is 9.57 Å². The van der Waals surface area contributed by atoms with E-state index in [9.17, 15) is 18.4 Å². The molecule has 0 unspecified atom stereocenters. The van der Waals surface area contributed by atoms with Gasteiger partial charge in [-0.1, -0.05) is 18.2 Å². The highest BCUT2D eigenvalue weighted by Gasteiger charge is 2.17. The van der Waals surface area contributed by atoms with Crippen LogP contribution in [0.2, 0.25) is 0 Å². The van der Waals surface area contributed by atoms with Crippen molar-refractivity contribution < 1.29 is 23.1 Å². The number of pyridine rings is 1. The van der Waals surface area contributed by atoms with Crippen molar-refractivity contribution in [2.45, 2.75) is 6.61 Å². The largest absolute Gasteiger partial charge is 0.497 e. The summed E-state index contributed by atoms with van der Waals surface area (Å²) < 4.78 is 33.3. The maximum Gasteiger partial charge on any atom is 0.295 e. The lowest BCUT2D eigenvalue weighted by Gasteiger charge is -2.11. The number of anilines is 1. The Kier molecular flexibility index (Phi) is 5.69. The topological polar surface area (TPSA) is 69.6 Å². The first kappa shape index (κ1) is 19.1. The molecule has 0 fully saturated rings. The number of nitrogens with zero attached hydrogens (tertiary/aromatic N) is 1. The molecule has 1 amide bonds. The first-order valence-electron chi connectivity index (χ1n) is 8.23. The average Bonchev–Trinajstić information content (AvgIpc) is 2.70. The third-order valence-electron chi connectivity index (χ3n) is 3.89. The molecule has 0 aliphatic carbocycles. The SMILES string of the molecule is COc1ccc(COn2cccc(C(=O)Nc3c(F)cccc3F)c2=O)cc1. The van der Waals surface area contributed by atoms with E-state index in [1.54, 1.807) is 31.4 Å². The second-order valence-electron chi connectivity index (χ2n) is 5.73. The van der Waals surface area contributed by atoms with Crippen molar-refractivity contribution in [1.82, 2.24) is 4.73 Å². The second-order valence-corrected chi connectivity index (χ2v) is 5.73. The Labute approximate surface area is 158 Å². The van der Waals surface area contributed by atoms with Gasteiger partial charge in [-0.2, -0.15) is 4.73 Å². The van der Waals surface area contributed by atoms with Crippen LogP contribution in [0.4, 0.5) is 14.5 Å². The van der Waals surface area contributed by atoms with Crippen LogP contribution in [0.1, 0.15) is 15.9 Å². The summed E-state index contributed by atoms with van der Waals surface area (Å²) in [6.45, 7) is 0.0664. The molecule has 0 radical (unpaired) electrons. The van der Waals surface area contributed by atoms with Gasteiger partial charge in [-0.25, -0.2) is 8.78 Å². The molecule has 0 atom stereocenters. The molecule has 1 heterocycles. The van der Waals surface area contributed by atoms with Gasteiger partial charge in [0.05, 0.1) is 7.11 Å². The number of ether oxygens (including phenoxy) is 1. The van der Waals surface area contributed by atoms with Crippen molar-refractivity contribution in [3.63, 3.8) is 0 Å². The molecule has 3 rings (SSSR count). The van der Waals surface area contributed by atoms with E-state index >= 15 is 0 Å². The van der Waals surface area contributed by atoms with Gasteiger partial charge < -0.3 is 14.9 Å². The highest BCUT2D eigenvalue weighted by Crippen LogP contribution is 2.18. The van der Waals surface area contributed by atoms with Crippen LogP contribution in [0.25, 0.3) is 0 Å². The molecule has 1 aromatic heterocycles. The van der Waals surface area contributed by atoms with Gasteiger partial charge in [-0.3, -0.25) is 9.59 Å². The highest BCUT2D eigenvalue weighted by molar-refractivity contribution is 6.04. The summed E-state index contributed by atoms with van der Waals surface area (Å²) in [6.07, 6.45) is 1.34. The predicted molar refractivity (Wildman–Crippen MR) is 98.3 cm³/mol. The lowest BCUT2D eigenvalue weighted by atomic mass is 10.2. The van der Waals surface area contributed by atoms with Gasteiger partial charge in [-0.05, 0) is 42.0 Å². The number of aromatic nitrogens is 1. The first-order chi connectivity index (χ1) is 13.5. The fourth-order valence-electron chi connectivity index (χ4n) is 2.41. The number of hydrogen-bond donors (Lipinski definition) is 1. The van der Waals surface area contributed by atoms with Crippen molar-refractivity contribution >= 4 is 11.6 Å². The molecular weight excluding hydrogens is 370 g/mol. The number of hydrogen-bond acceptors (Lipinski definition) is 4. The van der Waals surface area contributed by atoms with Crippen LogP contribution in [0.3, 0.4) is 0 Å². The van der Waals surface area contributed by atoms with Gasteiger partial charge >= 0.3 is 0 Å². The number of amides is 1. The predicted octanol–water partition coefficient (Wildman–Crippen LogP) is 3.02.